The van der Waals surface area contributed by atoms with Crippen molar-refractivity contribution >= 4 is 11.6 Å². The van der Waals surface area contributed by atoms with Crippen LogP contribution in [-0.4, -0.2) is 25.5 Å². The molecular formula is C17H16F3NO4. The molecule has 2 aromatic rings. The third-order valence-electron chi connectivity index (χ3n) is 3.10. The number of para-hydroxylation sites is 2. The SMILES string of the molecule is COc1ccccc1O[C@H](C)C(=O)Nc1ccc(OC(F)(F)F)cc1. The molecule has 134 valence electrons. The van der Waals surface area contributed by atoms with E-state index in [-0.39, 0.29) is 5.75 Å². The van der Waals surface area contributed by atoms with Gasteiger partial charge < -0.3 is 19.5 Å². The topological polar surface area (TPSA) is 56.8 Å². The Labute approximate surface area is 142 Å². The molecule has 0 aliphatic heterocycles. The molecule has 0 heterocycles. The van der Waals surface area contributed by atoms with Crippen molar-refractivity contribution in [1.82, 2.24) is 0 Å². The van der Waals surface area contributed by atoms with E-state index in [9.17, 15) is 18.0 Å². The highest BCUT2D eigenvalue weighted by Gasteiger charge is 2.31. The molecule has 2 aromatic carbocycles. The predicted molar refractivity (Wildman–Crippen MR) is 84.8 cm³/mol. The summed E-state index contributed by atoms with van der Waals surface area (Å²) >= 11 is 0. The Hall–Kier alpha value is -2.90. The minimum absolute atomic E-state index is 0.315. The van der Waals surface area contributed by atoms with Gasteiger partial charge in [0.2, 0.25) is 0 Å². The minimum atomic E-state index is -4.76. The van der Waals surface area contributed by atoms with E-state index in [2.05, 4.69) is 10.1 Å². The second-order valence-corrected chi connectivity index (χ2v) is 4.97. The molecule has 0 aliphatic carbocycles. The molecule has 0 radical (unpaired) electrons. The molecule has 0 saturated heterocycles. The van der Waals surface area contributed by atoms with Crippen LogP contribution in [0.1, 0.15) is 6.92 Å². The first-order valence-electron chi connectivity index (χ1n) is 7.25. The van der Waals surface area contributed by atoms with Gasteiger partial charge in [0.15, 0.2) is 17.6 Å². The molecule has 0 spiro atoms. The maximum absolute atomic E-state index is 12.1. The molecule has 0 saturated carbocycles. The van der Waals surface area contributed by atoms with Gasteiger partial charge in [-0.15, -0.1) is 13.2 Å². The molecule has 0 fully saturated rings. The van der Waals surface area contributed by atoms with Crippen molar-refractivity contribution in [1.29, 1.82) is 0 Å². The lowest BCUT2D eigenvalue weighted by atomic mass is 10.2. The Kier molecular flexibility index (Phi) is 5.74. The number of hydrogen-bond acceptors (Lipinski definition) is 4. The van der Waals surface area contributed by atoms with E-state index >= 15 is 0 Å². The second-order valence-electron chi connectivity index (χ2n) is 4.97. The number of hydrogen-bond donors (Lipinski definition) is 1. The molecule has 0 aromatic heterocycles. The lowest BCUT2D eigenvalue weighted by molar-refractivity contribution is -0.274. The van der Waals surface area contributed by atoms with Crippen molar-refractivity contribution in [2.45, 2.75) is 19.4 Å². The highest BCUT2D eigenvalue weighted by Crippen LogP contribution is 2.27. The number of amides is 1. The van der Waals surface area contributed by atoms with Gasteiger partial charge in [-0.3, -0.25) is 4.79 Å². The summed E-state index contributed by atoms with van der Waals surface area (Å²) in [5.74, 6) is 0.0524. The summed E-state index contributed by atoms with van der Waals surface area (Å²) in [5, 5.41) is 2.55. The monoisotopic (exact) mass is 355 g/mol. The summed E-state index contributed by atoms with van der Waals surface area (Å²) in [7, 11) is 1.48. The highest BCUT2D eigenvalue weighted by atomic mass is 19.4. The van der Waals surface area contributed by atoms with E-state index in [0.29, 0.717) is 17.2 Å². The van der Waals surface area contributed by atoms with Crippen molar-refractivity contribution < 1.29 is 32.2 Å². The maximum Gasteiger partial charge on any atom is 0.573 e. The van der Waals surface area contributed by atoms with Crippen LogP contribution in [0.25, 0.3) is 0 Å². The number of alkyl halides is 3. The van der Waals surface area contributed by atoms with Crippen LogP contribution < -0.4 is 19.5 Å². The number of carbonyl (C=O) groups excluding carboxylic acids is 1. The Morgan fingerprint density at radius 1 is 1.04 bits per heavy atom. The molecule has 1 N–H and O–H groups in total. The van der Waals surface area contributed by atoms with Crippen LogP contribution in [0.4, 0.5) is 18.9 Å². The van der Waals surface area contributed by atoms with E-state index in [4.69, 9.17) is 9.47 Å². The largest absolute Gasteiger partial charge is 0.573 e. The molecule has 8 heteroatoms. The van der Waals surface area contributed by atoms with Gasteiger partial charge in [-0.1, -0.05) is 12.1 Å². The zero-order valence-electron chi connectivity index (χ0n) is 13.5. The normalized spacial score (nSPS) is 12.2. The van der Waals surface area contributed by atoms with Crippen LogP contribution in [-0.2, 0) is 4.79 Å². The molecule has 5 nitrogen and oxygen atoms in total. The summed E-state index contributed by atoms with van der Waals surface area (Å²) in [5.41, 5.74) is 0.315. The Morgan fingerprint density at radius 2 is 1.64 bits per heavy atom. The average Bonchev–Trinajstić information content (AvgIpc) is 2.55. The summed E-state index contributed by atoms with van der Waals surface area (Å²) in [6, 6.07) is 11.7. The van der Waals surface area contributed by atoms with Crippen molar-refractivity contribution in [2.75, 3.05) is 12.4 Å². The van der Waals surface area contributed by atoms with Gasteiger partial charge >= 0.3 is 6.36 Å². The quantitative estimate of drug-likeness (QED) is 0.851. The van der Waals surface area contributed by atoms with E-state index in [1.807, 2.05) is 0 Å². The molecule has 0 unspecified atom stereocenters. The lowest BCUT2D eigenvalue weighted by Gasteiger charge is -2.16. The molecule has 25 heavy (non-hydrogen) atoms. The molecule has 1 atom stereocenters. The Morgan fingerprint density at radius 3 is 2.20 bits per heavy atom. The number of nitrogens with one attached hydrogen (secondary N) is 1. The minimum Gasteiger partial charge on any atom is -0.493 e. The van der Waals surface area contributed by atoms with Crippen molar-refractivity contribution in [3.8, 4) is 17.2 Å². The Balaban J connectivity index is 1.97. The van der Waals surface area contributed by atoms with Crippen molar-refractivity contribution in [3.05, 3.63) is 48.5 Å². The number of carbonyl (C=O) groups is 1. The number of anilines is 1. The highest BCUT2D eigenvalue weighted by molar-refractivity contribution is 5.94. The Bertz CT molecular complexity index is 717. The second kappa shape index (κ2) is 7.78. The molecule has 1 amide bonds. The fraction of sp³-hybridized carbons (Fsp3) is 0.235. The van der Waals surface area contributed by atoms with Gasteiger partial charge in [0.1, 0.15) is 5.75 Å². The number of halogens is 3. The van der Waals surface area contributed by atoms with Crippen LogP contribution in [0, 0.1) is 0 Å². The third-order valence-corrected chi connectivity index (χ3v) is 3.10. The van der Waals surface area contributed by atoms with E-state index < -0.39 is 18.4 Å². The fourth-order valence-electron chi connectivity index (χ4n) is 1.94. The van der Waals surface area contributed by atoms with Crippen LogP contribution in [0.2, 0.25) is 0 Å². The van der Waals surface area contributed by atoms with E-state index in [1.165, 1.54) is 19.2 Å². The van der Waals surface area contributed by atoms with E-state index in [0.717, 1.165) is 12.1 Å². The van der Waals surface area contributed by atoms with Crippen molar-refractivity contribution in [2.24, 2.45) is 0 Å². The summed E-state index contributed by atoms with van der Waals surface area (Å²) in [6.45, 7) is 1.54. The molecular weight excluding hydrogens is 339 g/mol. The number of ether oxygens (including phenoxy) is 3. The van der Waals surface area contributed by atoms with Gasteiger partial charge in [-0.2, -0.15) is 0 Å². The van der Waals surface area contributed by atoms with Crippen LogP contribution in [0.5, 0.6) is 17.2 Å². The first-order chi connectivity index (χ1) is 11.8. The first-order valence-corrected chi connectivity index (χ1v) is 7.25. The van der Waals surface area contributed by atoms with Crippen LogP contribution in [0.15, 0.2) is 48.5 Å². The fourth-order valence-corrected chi connectivity index (χ4v) is 1.94. The summed E-state index contributed by atoms with van der Waals surface area (Å²) < 4.78 is 50.8. The smallest absolute Gasteiger partial charge is 0.493 e. The van der Waals surface area contributed by atoms with Gasteiger partial charge in [0.05, 0.1) is 7.11 Å². The summed E-state index contributed by atoms with van der Waals surface area (Å²) in [6.07, 6.45) is -5.61. The first kappa shape index (κ1) is 18.4. The van der Waals surface area contributed by atoms with Crippen LogP contribution in [0.3, 0.4) is 0 Å². The zero-order valence-corrected chi connectivity index (χ0v) is 13.5. The number of rotatable bonds is 6. The lowest BCUT2D eigenvalue weighted by Crippen LogP contribution is -2.30. The number of methoxy groups -OCH3 is 1. The average molecular weight is 355 g/mol. The van der Waals surface area contributed by atoms with Gasteiger partial charge in [-0.25, -0.2) is 0 Å². The molecule has 2 rings (SSSR count). The predicted octanol–water partition coefficient (Wildman–Crippen LogP) is 4.00. The third kappa shape index (κ3) is 5.59. The molecule has 0 bridgehead atoms. The summed E-state index contributed by atoms with van der Waals surface area (Å²) in [4.78, 5) is 12.1. The molecule has 0 aliphatic rings. The van der Waals surface area contributed by atoms with Crippen molar-refractivity contribution in [3.63, 3.8) is 0 Å². The maximum atomic E-state index is 12.1. The van der Waals surface area contributed by atoms with Crippen LogP contribution >= 0.6 is 0 Å². The zero-order chi connectivity index (χ0) is 18.4. The van der Waals surface area contributed by atoms with Gasteiger partial charge in [0.25, 0.3) is 5.91 Å². The van der Waals surface area contributed by atoms with Gasteiger partial charge in [-0.05, 0) is 43.3 Å². The van der Waals surface area contributed by atoms with Gasteiger partial charge in [0, 0.05) is 5.69 Å². The standard InChI is InChI=1S/C17H16F3NO4/c1-11(24-15-6-4-3-5-14(15)23-2)16(22)21-12-7-9-13(10-8-12)25-17(18,19)20/h3-11H,1-2H3,(H,21,22)/t11-/m1/s1. The van der Waals surface area contributed by atoms with E-state index in [1.54, 1.807) is 31.2 Å². The number of benzene rings is 2.